The molecule has 0 aliphatic rings. The van der Waals surface area contributed by atoms with Crippen molar-refractivity contribution >= 4 is 22.7 Å². The Kier molecular flexibility index (Phi) is 6.29. The zero-order valence-electron chi connectivity index (χ0n) is 11.1. The molecule has 0 saturated heterocycles. The van der Waals surface area contributed by atoms with E-state index in [9.17, 15) is 40.5 Å². The van der Waals surface area contributed by atoms with Crippen LogP contribution in [0.25, 0.3) is 0 Å². The van der Waals surface area contributed by atoms with Crippen LogP contribution in [0.2, 0.25) is 0 Å². The molecule has 0 aromatic heterocycles. The van der Waals surface area contributed by atoms with Crippen LogP contribution in [-0.4, -0.2) is 26.8 Å². The van der Waals surface area contributed by atoms with Crippen LogP contribution in [0.5, 0.6) is 0 Å². The molecule has 1 aromatic rings. The Hall–Kier alpha value is -4.07. The topological polar surface area (TPSA) is 238 Å². The molecule has 1 rings (SSSR count). The Labute approximate surface area is 124 Å². The summed E-state index contributed by atoms with van der Waals surface area (Å²) in [5, 5.41) is 41.7. The van der Waals surface area contributed by atoms with Crippen molar-refractivity contribution in [2.75, 3.05) is 12.1 Å². The van der Waals surface area contributed by atoms with Gasteiger partial charge in [-0.05, 0) is 0 Å². The van der Waals surface area contributed by atoms with Crippen molar-refractivity contribution in [1.82, 2.24) is 4.91 Å². The number of anilines is 1. The molecule has 0 aliphatic carbocycles. The minimum absolute atomic E-state index is 0.0555. The van der Waals surface area contributed by atoms with Gasteiger partial charge in [-0.3, -0.25) is 30.3 Å². The monoisotopic (exact) mass is 331 g/mol. The van der Waals surface area contributed by atoms with E-state index in [1.807, 2.05) is 4.91 Å². The Morgan fingerprint density at radius 3 is 1.48 bits per heavy atom. The SMILES string of the molecule is CN(c1c([N+](=O)[O-])cc([N+](=O)[O-])cc1[N+](=O)[O-])[N+](=O)[O-].N=[N+]=N. The van der Waals surface area contributed by atoms with Gasteiger partial charge in [0.05, 0.1) is 34.0 Å². The van der Waals surface area contributed by atoms with E-state index in [2.05, 4.69) is 0 Å². The zero-order valence-corrected chi connectivity index (χ0v) is 11.1. The highest BCUT2D eigenvalue weighted by atomic mass is 16.7. The van der Waals surface area contributed by atoms with Crippen molar-refractivity contribution in [2.45, 2.75) is 0 Å². The third kappa shape index (κ3) is 4.46. The van der Waals surface area contributed by atoms with Gasteiger partial charge in [0.25, 0.3) is 11.4 Å². The summed E-state index contributed by atoms with van der Waals surface area (Å²) < 4.78 is 0. The number of rotatable bonds is 5. The van der Waals surface area contributed by atoms with E-state index in [-0.39, 0.29) is 5.01 Å². The first-order valence-electron chi connectivity index (χ1n) is 5.10. The van der Waals surface area contributed by atoms with Crippen molar-refractivity contribution in [3.8, 4) is 0 Å². The van der Waals surface area contributed by atoms with E-state index in [1.165, 1.54) is 0 Å². The third-order valence-electron chi connectivity index (χ3n) is 2.23. The number of non-ortho nitro benzene ring substituents is 1. The largest absolute Gasteiger partial charge is 0.312 e. The number of hydrazine groups is 1. The molecule has 0 fully saturated rings. The summed E-state index contributed by atoms with van der Waals surface area (Å²) in [4.78, 5) is 41.4. The number of benzene rings is 1. The summed E-state index contributed by atoms with van der Waals surface area (Å²) in [7, 11) is 0.751. The van der Waals surface area contributed by atoms with Gasteiger partial charge in [0.2, 0.25) is 4.91 Å². The van der Waals surface area contributed by atoms with Crippen molar-refractivity contribution in [3.05, 3.63) is 52.6 Å². The fourth-order valence-corrected chi connectivity index (χ4v) is 1.39. The van der Waals surface area contributed by atoms with Gasteiger partial charge >= 0.3 is 11.4 Å². The average Bonchev–Trinajstić information content (AvgIpc) is 2.45. The lowest BCUT2D eigenvalue weighted by molar-refractivity contribution is -0.493. The van der Waals surface area contributed by atoms with E-state index in [4.69, 9.17) is 11.1 Å². The Morgan fingerprint density at radius 2 is 1.26 bits per heavy atom. The van der Waals surface area contributed by atoms with Crippen LogP contribution in [0.3, 0.4) is 0 Å². The first-order chi connectivity index (χ1) is 10.6. The molecule has 0 heterocycles. The standard InChI is InChI=1S/C7H5N5O8.H2N3/c1-8(12(19)20)7-5(10(15)16)2-4(9(13)14)3-6(7)11(17)18;1-3-2/h2-3H,1H3;1-2H/q;+1. The van der Waals surface area contributed by atoms with E-state index in [0.717, 1.165) is 7.05 Å². The molecule has 16 heteroatoms. The van der Waals surface area contributed by atoms with Crippen LogP contribution in [0, 0.1) is 51.5 Å². The lowest BCUT2D eigenvalue weighted by Gasteiger charge is -2.08. The number of nitro groups is 4. The molecule has 0 radical (unpaired) electrons. The van der Waals surface area contributed by atoms with Crippen molar-refractivity contribution in [1.29, 1.82) is 11.1 Å². The summed E-state index contributed by atoms with van der Waals surface area (Å²) in [6, 6.07) is 0.838. The maximum atomic E-state index is 10.8. The van der Waals surface area contributed by atoms with Crippen LogP contribution in [-0.2, 0) is 0 Å². The molecule has 16 nitrogen and oxygen atoms in total. The van der Waals surface area contributed by atoms with Crippen molar-refractivity contribution in [3.63, 3.8) is 0 Å². The van der Waals surface area contributed by atoms with Gasteiger partial charge in [-0.1, -0.05) is 5.01 Å². The molecule has 0 spiro atoms. The second kappa shape index (κ2) is 7.64. The smallest absolute Gasteiger partial charge is 0.258 e. The zero-order chi connectivity index (χ0) is 18.3. The lowest BCUT2D eigenvalue weighted by Crippen LogP contribution is -2.26. The molecule has 0 bridgehead atoms. The Morgan fingerprint density at radius 1 is 0.913 bits per heavy atom. The molecule has 0 saturated carbocycles. The van der Waals surface area contributed by atoms with E-state index >= 15 is 0 Å². The van der Waals surface area contributed by atoms with Gasteiger partial charge in [0.15, 0.2) is 5.03 Å². The molecule has 2 N–H and O–H groups in total. The quantitative estimate of drug-likeness (QED) is 0.339. The summed E-state index contributed by atoms with van der Waals surface area (Å²) in [6.07, 6.45) is 0. The summed E-state index contributed by atoms with van der Waals surface area (Å²) in [5.74, 6) is 0. The molecule has 122 valence electrons. The molecule has 0 aliphatic heterocycles. The first kappa shape index (κ1) is 18.9. The van der Waals surface area contributed by atoms with Crippen LogP contribution < -0.4 is 9.92 Å². The molecular formula is C7H7N8O8+. The molecular weight excluding hydrogens is 324 g/mol. The second-order valence-electron chi connectivity index (χ2n) is 3.48. The van der Waals surface area contributed by atoms with E-state index in [1.54, 1.807) is 0 Å². The van der Waals surface area contributed by atoms with Gasteiger partial charge < -0.3 is 0 Å². The minimum atomic E-state index is -1.17. The van der Waals surface area contributed by atoms with Crippen molar-refractivity contribution < 1.29 is 19.8 Å². The Balaban J connectivity index is 0.00000149. The molecule has 0 amide bonds. The summed E-state index contributed by atoms with van der Waals surface area (Å²) in [6.45, 7) is 0. The average molecular weight is 331 g/mol. The number of hydrogen-bond acceptors (Lipinski definition) is 10. The summed E-state index contributed by atoms with van der Waals surface area (Å²) in [5.41, 5.74) is 6.93. The van der Waals surface area contributed by atoms with Gasteiger partial charge in [-0.25, -0.2) is 10.1 Å². The fraction of sp³-hybridized carbons (Fsp3) is 0.143. The molecule has 23 heavy (non-hydrogen) atoms. The van der Waals surface area contributed by atoms with Crippen molar-refractivity contribution in [2.24, 2.45) is 0 Å². The predicted molar refractivity (Wildman–Crippen MR) is 69.4 cm³/mol. The lowest BCUT2D eigenvalue weighted by atomic mass is 10.2. The maximum absolute atomic E-state index is 10.8. The number of nitrogens with one attached hydrogen (secondary N) is 2. The molecule has 0 atom stereocenters. The van der Waals surface area contributed by atoms with Gasteiger partial charge in [-0.15, -0.1) is 0 Å². The number of nitrogens with zero attached hydrogens (tertiary/aromatic N) is 6. The molecule has 0 unspecified atom stereocenters. The normalized spacial score (nSPS) is 8.91. The second-order valence-corrected chi connectivity index (χ2v) is 3.48. The van der Waals surface area contributed by atoms with Crippen LogP contribution in [0.1, 0.15) is 0 Å². The van der Waals surface area contributed by atoms with Crippen LogP contribution in [0.15, 0.2) is 12.1 Å². The molecule has 1 aromatic carbocycles. The van der Waals surface area contributed by atoms with E-state index < -0.39 is 42.6 Å². The number of nitro benzene ring substituents is 3. The highest BCUT2D eigenvalue weighted by Crippen LogP contribution is 2.40. The highest BCUT2D eigenvalue weighted by Gasteiger charge is 2.37. The van der Waals surface area contributed by atoms with Gasteiger partial charge in [0.1, 0.15) is 11.1 Å². The maximum Gasteiger partial charge on any atom is 0.312 e. The number of hydrogen-bond donors (Lipinski definition) is 2. The third-order valence-corrected chi connectivity index (χ3v) is 2.23. The highest BCUT2D eigenvalue weighted by molar-refractivity contribution is 5.76. The van der Waals surface area contributed by atoms with Gasteiger partial charge in [0, 0.05) is 0 Å². The van der Waals surface area contributed by atoms with Crippen LogP contribution >= 0.6 is 0 Å². The fourth-order valence-electron chi connectivity index (χ4n) is 1.39. The first-order valence-corrected chi connectivity index (χ1v) is 5.10. The predicted octanol–water partition coefficient (Wildman–Crippen LogP) is 1.15. The van der Waals surface area contributed by atoms with E-state index in [0.29, 0.717) is 12.1 Å². The summed E-state index contributed by atoms with van der Waals surface area (Å²) >= 11 is 0. The van der Waals surface area contributed by atoms with Gasteiger partial charge in [-0.2, -0.15) is 0 Å². The Bertz CT molecular complexity index is 675. The van der Waals surface area contributed by atoms with Crippen LogP contribution in [0.4, 0.5) is 22.7 Å². The minimum Gasteiger partial charge on any atom is -0.258 e.